The highest BCUT2D eigenvalue weighted by molar-refractivity contribution is 5.87. The van der Waals surface area contributed by atoms with E-state index in [1.54, 1.807) is 0 Å². The van der Waals surface area contributed by atoms with Gasteiger partial charge in [0, 0.05) is 11.8 Å². The number of nitriles is 1. The number of hydrogen-bond acceptors (Lipinski definition) is 4. The van der Waals surface area contributed by atoms with Crippen molar-refractivity contribution in [2.45, 2.75) is 51.4 Å². The topological polar surface area (TPSA) is 59.3 Å². The van der Waals surface area contributed by atoms with E-state index in [0.717, 1.165) is 38.5 Å². The first-order valence-electron chi connectivity index (χ1n) is 8.52. The van der Waals surface area contributed by atoms with Crippen LogP contribution in [0.5, 0.6) is 5.75 Å². The van der Waals surface area contributed by atoms with Gasteiger partial charge in [0.1, 0.15) is 5.78 Å². The molecule has 0 N–H and O–H groups in total. The lowest BCUT2D eigenvalue weighted by molar-refractivity contribution is -0.136. The maximum atomic E-state index is 12.3. The van der Waals surface area contributed by atoms with Gasteiger partial charge in [0.2, 0.25) is 0 Å². The molecule has 0 saturated heterocycles. The van der Waals surface area contributed by atoms with E-state index in [2.05, 4.69) is 17.9 Å². The lowest BCUT2D eigenvalue weighted by Gasteiger charge is -2.48. The number of ketones is 1. The number of Topliss-reactive ketones (excluding diaryl/α,β-unsaturated/α-hetero) is 1. The van der Waals surface area contributed by atoms with Gasteiger partial charge in [-0.15, -0.1) is 5.26 Å². The first kappa shape index (κ1) is 14.6. The summed E-state index contributed by atoms with van der Waals surface area (Å²) in [6.45, 7) is 2.20. The Balaban J connectivity index is 1.62. The Morgan fingerprint density at radius 1 is 1.26 bits per heavy atom. The Hall–Kier alpha value is -2.02. The van der Waals surface area contributed by atoms with Crippen molar-refractivity contribution in [1.29, 1.82) is 5.26 Å². The van der Waals surface area contributed by atoms with Gasteiger partial charge in [-0.25, -0.2) is 4.89 Å². The molecule has 120 valence electrons. The number of fused-ring (bicyclic) bond motifs is 5. The highest BCUT2D eigenvalue weighted by Crippen LogP contribution is 2.59. The first-order valence-corrected chi connectivity index (χ1v) is 8.52. The second kappa shape index (κ2) is 5.26. The fourth-order valence-corrected chi connectivity index (χ4v) is 5.45. The minimum Gasteiger partial charge on any atom is -0.299 e. The van der Waals surface area contributed by atoms with Crippen LogP contribution in [-0.4, -0.2) is 5.78 Å². The molecular formula is C19H21NO3. The molecule has 0 unspecified atom stereocenters. The van der Waals surface area contributed by atoms with E-state index in [1.807, 2.05) is 12.1 Å². The summed E-state index contributed by atoms with van der Waals surface area (Å²) < 4.78 is 0. The Labute approximate surface area is 136 Å². The SMILES string of the molecule is C[C@]12CC[C@@H]3c4ccc(OOC#N)cc4CC[C@H]3[C@@H]1CCC2=O. The fraction of sp³-hybridized carbons (Fsp3) is 0.579. The van der Waals surface area contributed by atoms with Crippen molar-refractivity contribution in [3.63, 3.8) is 0 Å². The third-order valence-corrected chi connectivity index (χ3v) is 6.58. The van der Waals surface area contributed by atoms with Crippen molar-refractivity contribution in [3.05, 3.63) is 29.3 Å². The minimum atomic E-state index is -0.0671. The average Bonchev–Trinajstić information content (AvgIpc) is 2.88. The Bertz CT molecular complexity index is 692. The zero-order valence-corrected chi connectivity index (χ0v) is 13.4. The molecule has 0 amide bonds. The molecule has 1 aromatic carbocycles. The predicted octanol–water partition coefficient (Wildman–Crippen LogP) is 3.90. The molecule has 2 saturated carbocycles. The van der Waals surface area contributed by atoms with Crippen molar-refractivity contribution in [1.82, 2.24) is 0 Å². The lowest BCUT2D eigenvalue weighted by atomic mass is 9.55. The van der Waals surface area contributed by atoms with Gasteiger partial charge in [-0.2, -0.15) is 0 Å². The van der Waals surface area contributed by atoms with Crippen LogP contribution < -0.4 is 4.89 Å². The van der Waals surface area contributed by atoms with Crippen LogP contribution >= 0.6 is 0 Å². The maximum Gasteiger partial charge on any atom is 0.338 e. The van der Waals surface area contributed by atoms with Crippen LogP contribution in [0.4, 0.5) is 0 Å². The number of hydrogen-bond donors (Lipinski definition) is 0. The molecule has 23 heavy (non-hydrogen) atoms. The van der Waals surface area contributed by atoms with Crippen molar-refractivity contribution in [3.8, 4) is 12.0 Å². The van der Waals surface area contributed by atoms with Gasteiger partial charge in [-0.3, -0.25) is 9.68 Å². The number of carbonyl (C=O) groups is 1. The summed E-state index contributed by atoms with van der Waals surface area (Å²) in [4.78, 5) is 21.7. The van der Waals surface area contributed by atoms with Crippen molar-refractivity contribution < 1.29 is 14.6 Å². The average molecular weight is 311 g/mol. The predicted molar refractivity (Wildman–Crippen MR) is 83.4 cm³/mol. The highest BCUT2D eigenvalue weighted by atomic mass is 17.2. The van der Waals surface area contributed by atoms with E-state index >= 15 is 0 Å². The monoisotopic (exact) mass is 311 g/mol. The van der Waals surface area contributed by atoms with Crippen molar-refractivity contribution in [2.24, 2.45) is 17.3 Å². The van der Waals surface area contributed by atoms with Gasteiger partial charge >= 0.3 is 6.26 Å². The van der Waals surface area contributed by atoms with Gasteiger partial charge < -0.3 is 0 Å². The number of aryl methyl sites for hydroxylation is 1. The Kier molecular flexibility index (Phi) is 3.33. The van der Waals surface area contributed by atoms with E-state index in [4.69, 9.17) is 10.1 Å². The van der Waals surface area contributed by atoms with Crippen LogP contribution in [0.1, 0.15) is 56.1 Å². The van der Waals surface area contributed by atoms with Crippen LogP contribution in [-0.2, 0) is 16.1 Å². The van der Waals surface area contributed by atoms with E-state index in [-0.39, 0.29) is 5.41 Å². The van der Waals surface area contributed by atoms with E-state index in [0.29, 0.717) is 29.3 Å². The van der Waals surface area contributed by atoms with Gasteiger partial charge in [0.05, 0.1) is 0 Å². The smallest absolute Gasteiger partial charge is 0.299 e. The number of nitrogens with zero attached hydrogens (tertiary/aromatic N) is 1. The molecule has 0 heterocycles. The van der Waals surface area contributed by atoms with Gasteiger partial charge in [-0.05, 0) is 73.1 Å². The molecule has 3 aliphatic carbocycles. The van der Waals surface area contributed by atoms with Crippen molar-refractivity contribution >= 4 is 5.78 Å². The summed E-state index contributed by atoms with van der Waals surface area (Å²) in [5.41, 5.74) is 2.65. The molecular weight excluding hydrogens is 290 g/mol. The maximum absolute atomic E-state index is 12.3. The lowest BCUT2D eigenvalue weighted by Crippen LogP contribution is -2.42. The zero-order valence-electron chi connectivity index (χ0n) is 13.4. The van der Waals surface area contributed by atoms with Crippen LogP contribution in [0.3, 0.4) is 0 Å². The first-order chi connectivity index (χ1) is 11.1. The molecule has 4 atom stereocenters. The van der Waals surface area contributed by atoms with E-state index < -0.39 is 0 Å². The summed E-state index contributed by atoms with van der Waals surface area (Å²) in [5, 5.41) is 8.43. The largest absolute Gasteiger partial charge is 0.338 e. The number of rotatable bonds is 2. The third kappa shape index (κ3) is 2.14. The molecule has 4 heteroatoms. The molecule has 0 bridgehead atoms. The van der Waals surface area contributed by atoms with Crippen LogP contribution in [0.25, 0.3) is 0 Å². The molecule has 0 radical (unpaired) electrons. The molecule has 1 aromatic rings. The normalized spacial score (nSPS) is 34.8. The summed E-state index contributed by atoms with van der Waals surface area (Å²) >= 11 is 0. The highest BCUT2D eigenvalue weighted by Gasteiger charge is 2.54. The Morgan fingerprint density at radius 3 is 2.96 bits per heavy atom. The molecule has 0 spiro atoms. The molecule has 0 aliphatic heterocycles. The number of carbonyl (C=O) groups excluding carboxylic acids is 1. The van der Waals surface area contributed by atoms with Gasteiger partial charge in [-0.1, -0.05) is 13.0 Å². The van der Waals surface area contributed by atoms with Gasteiger partial charge in [0.25, 0.3) is 0 Å². The molecule has 3 aliphatic rings. The van der Waals surface area contributed by atoms with E-state index in [1.165, 1.54) is 17.4 Å². The van der Waals surface area contributed by atoms with Crippen LogP contribution in [0, 0.1) is 28.8 Å². The molecule has 2 fully saturated rings. The second-order valence-corrected chi connectivity index (χ2v) is 7.45. The van der Waals surface area contributed by atoms with Crippen LogP contribution in [0.2, 0.25) is 0 Å². The summed E-state index contributed by atoms with van der Waals surface area (Å²) in [7, 11) is 0. The molecule has 4 rings (SSSR count). The minimum absolute atomic E-state index is 0.0671. The summed E-state index contributed by atoms with van der Waals surface area (Å²) in [6, 6.07) is 6.00. The van der Waals surface area contributed by atoms with Crippen LogP contribution in [0.15, 0.2) is 18.2 Å². The van der Waals surface area contributed by atoms with Crippen molar-refractivity contribution in [2.75, 3.05) is 0 Å². The number of benzene rings is 1. The molecule has 0 aromatic heterocycles. The third-order valence-electron chi connectivity index (χ3n) is 6.58. The standard InChI is InChI=1S/C19H21NO3/c1-19-9-8-15-14-5-3-13(23-22-11-20)10-12(14)2-4-16(15)17(19)6-7-18(19)21/h3,5,10,15-17H,2,4,6-9H2,1H3/t15-,16-,17+,19+/m1/s1. The van der Waals surface area contributed by atoms with Gasteiger partial charge in [0.15, 0.2) is 5.75 Å². The molecule has 4 nitrogen and oxygen atoms in total. The second-order valence-electron chi connectivity index (χ2n) is 7.45. The fourth-order valence-electron chi connectivity index (χ4n) is 5.45. The summed E-state index contributed by atoms with van der Waals surface area (Å²) in [6.07, 6.45) is 7.65. The Morgan fingerprint density at radius 2 is 2.13 bits per heavy atom. The zero-order chi connectivity index (χ0) is 16.0. The quantitative estimate of drug-likeness (QED) is 0.472. The summed E-state index contributed by atoms with van der Waals surface area (Å²) in [5.74, 6) is 2.83. The van der Waals surface area contributed by atoms with E-state index in [9.17, 15) is 4.79 Å².